The Hall–Kier alpha value is -2.86. The Morgan fingerprint density at radius 2 is 1.86 bits per heavy atom. The van der Waals surface area contributed by atoms with Crippen molar-refractivity contribution in [3.8, 4) is 11.5 Å². The number of likely N-dealkylation sites (tertiary alicyclic amines) is 1. The predicted molar refractivity (Wildman–Crippen MR) is 112 cm³/mol. The van der Waals surface area contributed by atoms with E-state index in [0.717, 1.165) is 19.4 Å². The molecule has 0 aliphatic carbocycles. The van der Waals surface area contributed by atoms with Crippen molar-refractivity contribution in [2.75, 3.05) is 31.6 Å². The Labute approximate surface area is 171 Å². The first-order valence-electron chi connectivity index (χ1n) is 10.2. The van der Waals surface area contributed by atoms with Crippen LogP contribution in [0.15, 0.2) is 54.6 Å². The molecule has 3 rings (SSSR count). The number of carbonyl (C=O) groups is 2. The lowest BCUT2D eigenvalue weighted by atomic mass is 9.98. The van der Waals surface area contributed by atoms with Gasteiger partial charge in [-0.25, -0.2) is 0 Å². The minimum absolute atomic E-state index is 0.0765. The first-order chi connectivity index (χ1) is 14.2. The summed E-state index contributed by atoms with van der Waals surface area (Å²) in [6, 6.07) is 16.9. The maximum atomic E-state index is 12.5. The highest BCUT2D eigenvalue weighted by atomic mass is 16.5. The number of esters is 1. The molecule has 6 nitrogen and oxygen atoms in total. The molecule has 1 fully saturated rings. The second-order valence-corrected chi connectivity index (χ2v) is 7.10. The molecule has 1 saturated heterocycles. The van der Waals surface area contributed by atoms with Crippen LogP contribution in [0, 0.1) is 5.92 Å². The third-order valence-electron chi connectivity index (χ3n) is 4.91. The average molecular weight is 396 g/mol. The molecular weight excluding hydrogens is 368 g/mol. The van der Waals surface area contributed by atoms with Crippen molar-refractivity contribution < 1.29 is 19.1 Å². The van der Waals surface area contributed by atoms with Crippen molar-refractivity contribution in [1.29, 1.82) is 0 Å². The van der Waals surface area contributed by atoms with Gasteiger partial charge in [-0.05, 0) is 50.6 Å². The summed E-state index contributed by atoms with van der Waals surface area (Å²) in [7, 11) is 0. The summed E-state index contributed by atoms with van der Waals surface area (Å²) in [5.41, 5.74) is 0.643. The maximum absolute atomic E-state index is 12.5. The third-order valence-corrected chi connectivity index (χ3v) is 4.91. The number of hydrogen-bond donors (Lipinski definition) is 1. The van der Waals surface area contributed by atoms with Gasteiger partial charge in [0.25, 0.3) is 0 Å². The Kier molecular flexibility index (Phi) is 7.64. The van der Waals surface area contributed by atoms with E-state index in [9.17, 15) is 9.59 Å². The number of para-hydroxylation sites is 3. The Bertz CT molecular complexity index is 810. The van der Waals surface area contributed by atoms with E-state index in [0.29, 0.717) is 43.3 Å². The summed E-state index contributed by atoms with van der Waals surface area (Å²) in [4.78, 5) is 26.6. The Morgan fingerprint density at radius 3 is 2.66 bits per heavy atom. The number of nitrogens with zero attached hydrogens (tertiary/aromatic N) is 1. The number of rotatable bonds is 8. The Balaban J connectivity index is 1.51. The van der Waals surface area contributed by atoms with Crippen LogP contribution in [0.4, 0.5) is 5.69 Å². The first-order valence-corrected chi connectivity index (χ1v) is 10.2. The fraction of sp³-hybridized carbons (Fsp3) is 0.391. The molecule has 1 aliphatic rings. The number of amides is 1. The minimum Gasteiger partial charge on any atom is -0.466 e. The SMILES string of the molecule is CCOC(=O)C1CCCN(CCC(=O)Nc2ccccc2Oc2ccccc2)C1. The molecule has 6 heteroatoms. The van der Waals surface area contributed by atoms with Crippen LogP contribution in [0.5, 0.6) is 11.5 Å². The van der Waals surface area contributed by atoms with E-state index < -0.39 is 0 Å². The number of ether oxygens (including phenoxy) is 2. The fourth-order valence-electron chi connectivity index (χ4n) is 3.46. The van der Waals surface area contributed by atoms with Crippen LogP contribution >= 0.6 is 0 Å². The normalized spacial score (nSPS) is 16.8. The van der Waals surface area contributed by atoms with Crippen LogP contribution in [0.1, 0.15) is 26.2 Å². The van der Waals surface area contributed by atoms with E-state index in [1.807, 2.05) is 61.5 Å². The van der Waals surface area contributed by atoms with Gasteiger partial charge >= 0.3 is 5.97 Å². The zero-order valence-corrected chi connectivity index (χ0v) is 16.8. The molecule has 2 aromatic rings. The number of carbonyl (C=O) groups excluding carboxylic acids is 2. The molecule has 1 heterocycles. The number of nitrogens with one attached hydrogen (secondary N) is 1. The lowest BCUT2D eigenvalue weighted by Crippen LogP contribution is -2.40. The van der Waals surface area contributed by atoms with Gasteiger partial charge in [-0.15, -0.1) is 0 Å². The van der Waals surface area contributed by atoms with Gasteiger partial charge in [0.2, 0.25) is 5.91 Å². The highest BCUT2D eigenvalue weighted by Crippen LogP contribution is 2.29. The Morgan fingerprint density at radius 1 is 1.10 bits per heavy atom. The number of benzene rings is 2. The quantitative estimate of drug-likeness (QED) is 0.681. The van der Waals surface area contributed by atoms with Crippen molar-refractivity contribution in [3.05, 3.63) is 54.6 Å². The lowest BCUT2D eigenvalue weighted by Gasteiger charge is -2.31. The van der Waals surface area contributed by atoms with E-state index in [4.69, 9.17) is 9.47 Å². The highest BCUT2D eigenvalue weighted by Gasteiger charge is 2.26. The van der Waals surface area contributed by atoms with Gasteiger partial charge < -0.3 is 19.7 Å². The van der Waals surface area contributed by atoms with Crippen LogP contribution in [0.25, 0.3) is 0 Å². The fourth-order valence-corrected chi connectivity index (χ4v) is 3.46. The molecule has 1 atom stereocenters. The van der Waals surface area contributed by atoms with Gasteiger partial charge in [0.05, 0.1) is 18.2 Å². The van der Waals surface area contributed by atoms with Gasteiger partial charge in [-0.3, -0.25) is 9.59 Å². The monoisotopic (exact) mass is 396 g/mol. The molecule has 0 bridgehead atoms. The molecule has 0 radical (unpaired) electrons. The molecule has 0 saturated carbocycles. The second kappa shape index (κ2) is 10.6. The molecule has 1 aliphatic heterocycles. The van der Waals surface area contributed by atoms with Crippen LogP contribution < -0.4 is 10.1 Å². The molecule has 29 heavy (non-hydrogen) atoms. The smallest absolute Gasteiger partial charge is 0.310 e. The standard InChI is InChI=1S/C23H28N2O4/c1-2-28-23(27)18-9-8-15-25(17-18)16-14-22(26)24-20-12-6-7-13-21(20)29-19-10-4-3-5-11-19/h3-7,10-13,18H,2,8-9,14-17H2,1H3,(H,24,26). The first kappa shape index (κ1) is 20.9. The molecular formula is C23H28N2O4. The van der Waals surface area contributed by atoms with Crippen molar-refractivity contribution in [2.45, 2.75) is 26.2 Å². The number of hydrogen-bond acceptors (Lipinski definition) is 5. The van der Waals surface area contributed by atoms with Gasteiger partial charge in [0, 0.05) is 19.5 Å². The summed E-state index contributed by atoms with van der Waals surface area (Å²) in [5.74, 6) is 1.02. The molecule has 2 aromatic carbocycles. The summed E-state index contributed by atoms with van der Waals surface area (Å²) < 4.78 is 11.0. The van der Waals surface area contributed by atoms with Crippen LogP contribution in [0.2, 0.25) is 0 Å². The summed E-state index contributed by atoms with van der Waals surface area (Å²) in [5, 5.41) is 2.94. The van der Waals surface area contributed by atoms with Gasteiger partial charge in [-0.1, -0.05) is 30.3 Å². The zero-order chi connectivity index (χ0) is 20.5. The van der Waals surface area contributed by atoms with Crippen LogP contribution in [0.3, 0.4) is 0 Å². The molecule has 1 unspecified atom stereocenters. The van der Waals surface area contributed by atoms with E-state index >= 15 is 0 Å². The van der Waals surface area contributed by atoms with Crippen molar-refractivity contribution in [3.63, 3.8) is 0 Å². The van der Waals surface area contributed by atoms with Crippen molar-refractivity contribution in [2.24, 2.45) is 5.92 Å². The maximum Gasteiger partial charge on any atom is 0.310 e. The largest absolute Gasteiger partial charge is 0.466 e. The highest BCUT2D eigenvalue weighted by molar-refractivity contribution is 5.92. The summed E-state index contributed by atoms with van der Waals surface area (Å²) in [6.07, 6.45) is 2.15. The van der Waals surface area contributed by atoms with Crippen molar-refractivity contribution >= 4 is 17.6 Å². The van der Waals surface area contributed by atoms with E-state index in [1.54, 1.807) is 0 Å². The van der Waals surface area contributed by atoms with Gasteiger partial charge in [0.15, 0.2) is 5.75 Å². The second-order valence-electron chi connectivity index (χ2n) is 7.10. The zero-order valence-electron chi connectivity index (χ0n) is 16.8. The van der Waals surface area contributed by atoms with Crippen LogP contribution in [-0.4, -0.2) is 43.0 Å². The third kappa shape index (κ3) is 6.32. The molecule has 1 N–H and O–H groups in total. The lowest BCUT2D eigenvalue weighted by molar-refractivity contribution is -0.149. The molecule has 154 valence electrons. The predicted octanol–water partition coefficient (Wildman–Crippen LogP) is 4.08. The number of piperidine rings is 1. The average Bonchev–Trinajstić information content (AvgIpc) is 2.75. The van der Waals surface area contributed by atoms with Crippen LogP contribution in [-0.2, 0) is 14.3 Å². The van der Waals surface area contributed by atoms with Crippen molar-refractivity contribution in [1.82, 2.24) is 4.90 Å². The summed E-state index contributed by atoms with van der Waals surface area (Å²) in [6.45, 7) is 4.39. The molecule has 0 aromatic heterocycles. The topological polar surface area (TPSA) is 67.9 Å². The molecule has 1 amide bonds. The van der Waals surface area contributed by atoms with E-state index in [1.165, 1.54) is 0 Å². The van der Waals surface area contributed by atoms with E-state index in [2.05, 4.69) is 10.2 Å². The van der Waals surface area contributed by atoms with Gasteiger partial charge in [0.1, 0.15) is 5.75 Å². The molecule has 0 spiro atoms. The van der Waals surface area contributed by atoms with E-state index in [-0.39, 0.29) is 17.8 Å². The summed E-state index contributed by atoms with van der Waals surface area (Å²) >= 11 is 0. The number of anilines is 1. The van der Waals surface area contributed by atoms with Gasteiger partial charge in [-0.2, -0.15) is 0 Å². The minimum atomic E-state index is -0.131.